The highest BCUT2D eigenvalue weighted by Crippen LogP contribution is 2.08. The molecule has 0 atom stereocenters. The van der Waals surface area contributed by atoms with Crippen molar-refractivity contribution in [2.75, 3.05) is 39.3 Å². The van der Waals surface area contributed by atoms with Gasteiger partial charge in [0, 0.05) is 52.6 Å². The number of nitrogens with two attached hydrogens (primary N) is 1. The molecule has 0 saturated carbocycles. The fourth-order valence-corrected chi connectivity index (χ4v) is 2.85. The van der Waals surface area contributed by atoms with Gasteiger partial charge >= 0.3 is 0 Å². The van der Waals surface area contributed by atoms with Crippen molar-refractivity contribution in [1.82, 2.24) is 14.7 Å². The first-order chi connectivity index (χ1) is 12.0. The van der Waals surface area contributed by atoms with E-state index >= 15 is 0 Å². The van der Waals surface area contributed by atoms with E-state index in [0.29, 0.717) is 39.3 Å². The topological polar surface area (TPSA) is 87.0 Å². The number of rotatable bonds is 7. The summed E-state index contributed by atoms with van der Waals surface area (Å²) in [6.45, 7) is 5.27. The molecule has 1 aromatic rings. The first-order valence-corrected chi connectivity index (χ1v) is 8.53. The van der Waals surface area contributed by atoms with Crippen molar-refractivity contribution in [1.29, 1.82) is 0 Å². The van der Waals surface area contributed by atoms with Crippen molar-refractivity contribution >= 4 is 17.7 Å². The minimum atomic E-state index is -0.416. The van der Waals surface area contributed by atoms with E-state index in [0.717, 1.165) is 5.56 Å². The second-order valence-electron chi connectivity index (χ2n) is 6.30. The molecule has 0 spiro atoms. The lowest BCUT2D eigenvalue weighted by Crippen LogP contribution is -2.51. The lowest BCUT2D eigenvalue weighted by Gasteiger charge is -2.35. The Morgan fingerprint density at radius 1 is 1.08 bits per heavy atom. The number of nitrogens with zero attached hydrogens (tertiary/aromatic N) is 3. The van der Waals surface area contributed by atoms with Gasteiger partial charge in [0.05, 0.1) is 6.54 Å². The van der Waals surface area contributed by atoms with Crippen LogP contribution in [0, 0.1) is 0 Å². The second kappa shape index (κ2) is 9.17. The van der Waals surface area contributed by atoms with Gasteiger partial charge in [0.2, 0.25) is 17.7 Å². The predicted octanol–water partition coefficient (Wildman–Crippen LogP) is 0.0547. The van der Waals surface area contributed by atoms with Gasteiger partial charge in [0.15, 0.2) is 0 Å². The van der Waals surface area contributed by atoms with E-state index < -0.39 is 5.91 Å². The van der Waals surface area contributed by atoms with Crippen LogP contribution >= 0.6 is 0 Å². The summed E-state index contributed by atoms with van der Waals surface area (Å²) in [4.78, 5) is 40.7. The standard InChI is InChI=1S/C18H26N4O3/c1-15(23)21-11-9-20(10-12-21)14-18(25)22(8-7-17(19)24)13-16-5-3-2-4-6-16/h2-6H,7-14H2,1H3,(H2,19,24). The molecule has 1 saturated heterocycles. The number of amides is 3. The molecule has 1 fully saturated rings. The van der Waals surface area contributed by atoms with Crippen LogP contribution < -0.4 is 5.73 Å². The zero-order valence-electron chi connectivity index (χ0n) is 14.7. The van der Waals surface area contributed by atoms with Gasteiger partial charge in [-0.1, -0.05) is 30.3 Å². The monoisotopic (exact) mass is 346 g/mol. The largest absolute Gasteiger partial charge is 0.370 e. The first kappa shape index (κ1) is 18.9. The van der Waals surface area contributed by atoms with Crippen molar-refractivity contribution in [2.45, 2.75) is 19.9 Å². The summed E-state index contributed by atoms with van der Waals surface area (Å²) in [7, 11) is 0. The molecule has 0 aliphatic carbocycles. The summed E-state index contributed by atoms with van der Waals surface area (Å²) in [6.07, 6.45) is 0.149. The Hall–Kier alpha value is -2.41. The van der Waals surface area contributed by atoms with E-state index in [1.807, 2.05) is 35.2 Å². The molecular weight excluding hydrogens is 320 g/mol. The van der Waals surface area contributed by atoms with Gasteiger partial charge in [-0.25, -0.2) is 0 Å². The highest BCUT2D eigenvalue weighted by molar-refractivity contribution is 5.80. The Labute approximate surface area is 148 Å². The minimum absolute atomic E-state index is 0.0265. The third-order valence-corrected chi connectivity index (χ3v) is 4.37. The highest BCUT2D eigenvalue weighted by atomic mass is 16.2. The van der Waals surface area contributed by atoms with Crippen molar-refractivity contribution in [3.8, 4) is 0 Å². The Morgan fingerprint density at radius 3 is 2.28 bits per heavy atom. The Morgan fingerprint density at radius 2 is 1.72 bits per heavy atom. The van der Waals surface area contributed by atoms with Crippen LogP contribution in [0.1, 0.15) is 18.9 Å². The molecule has 3 amide bonds. The average Bonchev–Trinajstić information content (AvgIpc) is 2.59. The quantitative estimate of drug-likeness (QED) is 0.756. The van der Waals surface area contributed by atoms with E-state index in [-0.39, 0.29) is 24.8 Å². The number of carbonyl (C=O) groups excluding carboxylic acids is 3. The van der Waals surface area contributed by atoms with E-state index in [1.54, 1.807) is 16.7 Å². The maximum Gasteiger partial charge on any atom is 0.237 e. The zero-order chi connectivity index (χ0) is 18.2. The lowest BCUT2D eigenvalue weighted by atomic mass is 10.2. The van der Waals surface area contributed by atoms with Crippen LogP contribution in [0.2, 0.25) is 0 Å². The zero-order valence-corrected chi connectivity index (χ0v) is 14.7. The summed E-state index contributed by atoms with van der Waals surface area (Å²) in [6, 6.07) is 9.68. The SMILES string of the molecule is CC(=O)N1CCN(CC(=O)N(CCC(N)=O)Cc2ccccc2)CC1. The molecule has 0 radical (unpaired) electrons. The number of piperazine rings is 1. The van der Waals surface area contributed by atoms with Crippen LogP contribution in [-0.4, -0.2) is 71.7 Å². The van der Waals surface area contributed by atoms with Crippen molar-refractivity contribution in [2.24, 2.45) is 5.73 Å². The number of primary amides is 1. The maximum absolute atomic E-state index is 12.7. The molecule has 0 unspecified atom stereocenters. The van der Waals surface area contributed by atoms with Crippen LogP contribution in [0.15, 0.2) is 30.3 Å². The Bertz CT molecular complexity index is 598. The molecule has 7 heteroatoms. The van der Waals surface area contributed by atoms with E-state index in [1.165, 1.54) is 0 Å². The molecule has 25 heavy (non-hydrogen) atoms. The molecule has 136 valence electrons. The molecular formula is C18H26N4O3. The van der Waals surface area contributed by atoms with Gasteiger partial charge in [0.25, 0.3) is 0 Å². The van der Waals surface area contributed by atoms with E-state index in [2.05, 4.69) is 0 Å². The van der Waals surface area contributed by atoms with Crippen LogP contribution in [0.3, 0.4) is 0 Å². The smallest absolute Gasteiger partial charge is 0.237 e. The normalized spacial score (nSPS) is 15.0. The third kappa shape index (κ3) is 6.19. The number of benzene rings is 1. The van der Waals surface area contributed by atoms with Gasteiger partial charge in [-0.3, -0.25) is 19.3 Å². The Kier molecular flexibility index (Phi) is 6.94. The maximum atomic E-state index is 12.7. The molecule has 0 bridgehead atoms. The number of carbonyl (C=O) groups is 3. The van der Waals surface area contributed by atoms with Crippen LogP contribution in [-0.2, 0) is 20.9 Å². The van der Waals surface area contributed by atoms with Crippen LogP contribution in [0.25, 0.3) is 0 Å². The summed E-state index contributed by atoms with van der Waals surface area (Å²) < 4.78 is 0. The minimum Gasteiger partial charge on any atom is -0.370 e. The summed E-state index contributed by atoms with van der Waals surface area (Å²) in [5.41, 5.74) is 6.25. The summed E-state index contributed by atoms with van der Waals surface area (Å²) >= 11 is 0. The molecule has 7 nitrogen and oxygen atoms in total. The van der Waals surface area contributed by atoms with Crippen LogP contribution in [0.5, 0.6) is 0 Å². The average molecular weight is 346 g/mol. The third-order valence-electron chi connectivity index (χ3n) is 4.37. The van der Waals surface area contributed by atoms with Gasteiger partial charge in [-0.2, -0.15) is 0 Å². The van der Waals surface area contributed by atoms with E-state index in [4.69, 9.17) is 5.73 Å². The van der Waals surface area contributed by atoms with Crippen molar-refractivity contribution in [3.05, 3.63) is 35.9 Å². The predicted molar refractivity (Wildman–Crippen MR) is 94.4 cm³/mol. The van der Waals surface area contributed by atoms with Gasteiger partial charge in [-0.05, 0) is 5.56 Å². The summed E-state index contributed by atoms with van der Waals surface area (Å²) in [5.74, 6) is -0.375. The van der Waals surface area contributed by atoms with Gasteiger partial charge in [-0.15, -0.1) is 0 Å². The summed E-state index contributed by atoms with van der Waals surface area (Å²) in [5, 5.41) is 0. The van der Waals surface area contributed by atoms with E-state index in [9.17, 15) is 14.4 Å². The molecule has 2 rings (SSSR count). The first-order valence-electron chi connectivity index (χ1n) is 8.53. The number of hydrogen-bond acceptors (Lipinski definition) is 4. The highest BCUT2D eigenvalue weighted by Gasteiger charge is 2.23. The fraction of sp³-hybridized carbons (Fsp3) is 0.500. The fourth-order valence-electron chi connectivity index (χ4n) is 2.85. The molecule has 2 N–H and O–H groups in total. The van der Waals surface area contributed by atoms with Crippen molar-refractivity contribution in [3.63, 3.8) is 0 Å². The lowest BCUT2D eigenvalue weighted by molar-refractivity contribution is -0.134. The molecule has 1 aliphatic rings. The van der Waals surface area contributed by atoms with Crippen molar-refractivity contribution < 1.29 is 14.4 Å². The Balaban J connectivity index is 1.92. The van der Waals surface area contributed by atoms with Gasteiger partial charge in [0.1, 0.15) is 0 Å². The van der Waals surface area contributed by atoms with Gasteiger partial charge < -0.3 is 15.5 Å². The molecule has 1 aliphatic heterocycles. The number of hydrogen-bond donors (Lipinski definition) is 1. The second-order valence-corrected chi connectivity index (χ2v) is 6.30. The molecule has 1 aromatic carbocycles. The van der Waals surface area contributed by atoms with Crippen LogP contribution in [0.4, 0.5) is 0 Å². The molecule has 1 heterocycles. The molecule has 0 aromatic heterocycles.